The van der Waals surface area contributed by atoms with E-state index in [0.29, 0.717) is 31.7 Å². The van der Waals surface area contributed by atoms with Crippen molar-refractivity contribution in [2.75, 3.05) is 26.2 Å². The van der Waals surface area contributed by atoms with Gasteiger partial charge in [0.1, 0.15) is 0 Å². The molecule has 2 rings (SSSR count). The second-order valence-electron chi connectivity index (χ2n) is 5.38. The summed E-state index contributed by atoms with van der Waals surface area (Å²) in [5, 5.41) is 8.60. The van der Waals surface area contributed by atoms with Crippen molar-refractivity contribution in [3.8, 4) is 0 Å². The predicted octanol–water partition coefficient (Wildman–Crippen LogP) is 1.14. The van der Waals surface area contributed by atoms with E-state index in [0.717, 1.165) is 5.56 Å². The molecule has 118 valence electrons. The number of hydrogen-bond acceptors (Lipinski definition) is 3. The molecular weight excluding hydrogens is 284 g/mol. The summed E-state index contributed by atoms with van der Waals surface area (Å²) in [5.74, 6) is -1.15. The zero-order chi connectivity index (χ0) is 16.1. The average Bonchev–Trinajstić information content (AvgIpc) is 2.52. The highest BCUT2D eigenvalue weighted by atomic mass is 16.4. The number of hydrogen-bond donors (Lipinski definition) is 1. The fourth-order valence-electron chi connectivity index (χ4n) is 2.51. The van der Waals surface area contributed by atoms with Crippen molar-refractivity contribution >= 4 is 17.8 Å². The molecule has 0 unspecified atom stereocenters. The Morgan fingerprint density at radius 2 is 1.59 bits per heavy atom. The second kappa shape index (κ2) is 7.06. The molecule has 1 aliphatic heterocycles. The summed E-state index contributed by atoms with van der Waals surface area (Å²) in [6, 6.07) is 7.44. The largest absolute Gasteiger partial charge is 0.481 e. The van der Waals surface area contributed by atoms with E-state index in [1.54, 1.807) is 9.80 Å². The number of rotatable bonds is 4. The fraction of sp³-hybridized carbons (Fsp3) is 0.438. The maximum absolute atomic E-state index is 12.5. The van der Waals surface area contributed by atoms with Crippen LogP contribution in [0, 0.1) is 6.92 Å². The quantitative estimate of drug-likeness (QED) is 0.905. The van der Waals surface area contributed by atoms with E-state index in [2.05, 4.69) is 0 Å². The van der Waals surface area contributed by atoms with Crippen LogP contribution in [0.4, 0.5) is 0 Å². The number of carbonyl (C=O) groups excluding carboxylic acids is 2. The fourth-order valence-corrected chi connectivity index (χ4v) is 2.51. The van der Waals surface area contributed by atoms with Gasteiger partial charge >= 0.3 is 5.97 Å². The van der Waals surface area contributed by atoms with Crippen LogP contribution in [-0.2, 0) is 9.59 Å². The SMILES string of the molecule is Cc1ccccc1C(=O)N1CCN(C(=O)CCC(=O)O)CC1. The summed E-state index contributed by atoms with van der Waals surface area (Å²) in [7, 11) is 0. The number of carboxylic acid groups (broad SMARTS) is 1. The molecule has 1 aromatic rings. The van der Waals surface area contributed by atoms with Crippen LogP contribution in [0.5, 0.6) is 0 Å². The first-order valence-electron chi connectivity index (χ1n) is 7.33. The Morgan fingerprint density at radius 3 is 2.18 bits per heavy atom. The maximum atomic E-state index is 12.5. The van der Waals surface area contributed by atoms with Gasteiger partial charge in [-0.3, -0.25) is 14.4 Å². The number of aryl methyl sites for hydroxylation is 1. The third-order valence-electron chi connectivity index (χ3n) is 3.85. The topological polar surface area (TPSA) is 77.9 Å². The third kappa shape index (κ3) is 3.84. The molecule has 0 atom stereocenters. The molecule has 0 aromatic heterocycles. The van der Waals surface area contributed by atoms with Gasteiger partial charge in [0.15, 0.2) is 0 Å². The van der Waals surface area contributed by atoms with Crippen LogP contribution in [0.3, 0.4) is 0 Å². The van der Waals surface area contributed by atoms with Gasteiger partial charge in [-0.2, -0.15) is 0 Å². The van der Waals surface area contributed by atoms with Crippen LogP contribution in [0.2, 0.25) is 0 Å². The van der Waals surface area contributed by atoms with Crippen molar-refractivity contribution in [2.24, 2.45) is 0 Å². The molecule has 0 bridgehead atoms. The summed E-state index contributed by atoms with van der Waals surface area (Å²) in [6.07, 6.45) is -0.137. The molecular formula is C16H20N2O4. The van der Waals surface area contributed by atoms with Crippen LogP contribution in [0.15, 0.2) is 24.3 Å². The van der Waals surface area contributed by atoms with Gasteiger partial charge in [0, 0.05) is 38.2 Å². The molecule has 0 radical (unpaired) electrons. The van der Waals surface area contributed by atoms with E-state index in [4.69, 9.17) is 5.11 Å². The Morgan fingerprint density at radius 1 is 1.00 bits per heavy atom. The van der Waals surface area contributed by atoms with Gasteiger partial charge in [-0.05, 0) is 18.6 Å². The summed E-state index contributed by atoms with van der Waals surface area (Å²) in [5.41, 5.74) is 1.63. The Labute approximate surface area is 129 Å². The van der Waals surface area contributed by atoms with Crippen molar-refractivity contribution in [3.63, 3.8) is 0 Å². The highest BCUT2D eigenvalue weighted by Crippen LogP contribution is 2.13. The molecule has 0 aliphatic carbocycles. The van der Waals surface area contributed by atoms with E-state index in [-0.39, 0.29) is 24.7 Å². The van der Waals surface area contributed by atoms with Gasteiger partial charge < -0.3 is 14.9 Å². The van der Waals surface area contributed by atoms with Gasteiger partial charge in [0.25, 0.3) is 5.91 Å². The summed E-state index contributed by atoms with van der Waals surface area (Å²) < 4.78 is 0. The lowest BCUT2D eigenvalue weighted by Crippen LogP contribution is -2.50. The highest BCUT2D eigenvalue weighted by Gasteiger charge is 2.25. The Bertz CT molecular complexity index is 577. The zero-order valence-corrected chi connectivity index (χ0v) is 12.6. The standard InChI is InChI=1S/C16H20N2O4/c1-12-4-2-3-5-13(12)16(22)18-10-8-17(9-11-18)14(19)6-7-15(20)21/h2-5H,6-11H2,1H3,(H,20,21). The van der Waals surface area contributed by atoms with Gasteiger partial charge in [-0.15, -0.1) is 0 Å². The van der Waals surface area contributed by atoms with Crippen LogP contribution in [0.1, 0.15) is 28.8 Å². The van der Waals surface area contributed by atoms with Crippen molar-refractivity contribution < 1.29 is 19.5 Å². The molecule has 2 amide bonds. The first-order valence-corrected chi connectivity index (χ1v) is 7.33. The van der Waals surface area contributed by atoms with E-state index >= 15 is 0 Å². The van der Waals surface area contributed by atoms with E-state index in [1.807, 2.05) is 31.2 Å². The smallest absolute Gasteiger partial charge is 0.303 e. The third-order valence-corrected chi connectivity index (χ3v) is 3.85. The second-order valence-corrected chi connectivity index (χ2v) is 5.38. The summed E-state index contributed by atoms with van der Waals surface area (Å²) in [4.78, 5) is 38.2. The molecule has 1 saturated heterocycles. The number of amides is 2. The molecule has 1 heterocycles. The van der Waals surface area contributed by atoms with Crippen LogP contribution >= 0.6 is 0 Å². The predicted molar refractivity (Wildman–Crippen MR) is 80.5 cm³/mol. The lowest BCUT2D eigenvalue weighted by molar-refractivity contribution is -0.141. The normalized spacial score (nSPS) is 14.8. The molecule has 6 nitrogen and oxygen atoms in total. The number of nitrogens with zero attached hydrogens (tertiary/aromatic N) is 2. The first kappa shape index (κ1) is 16.0. The molecule has 1 aliphatic rings. The average molecular weight is 304 g/mol. The number of benzene rings is 1. The van der Waals surface area contributed by atoms with Crippen molar-refractivity contribution in [3.05, 3.63) is 35.4 Å². The molecule has 1 N–H and O–H groups in total. The maximum Gasteiger partial charge on any atom is 0.303 e. The van der Waals surface area contributed by atoms with Gasteiger partial charge in [-0.1, -0.05) is 18.2 Å². The molecule has 1 aromatic carbocycles. The number of carboxylic acids is 1. The minimum absolute atomic E-state index is 0.0150. The number of piperazine rings is 1. The first-order chi connectivity index (χ1) is 10.5. The monoisotopic (exact) mass is 304 g/mol. The van der Waals surface area contributed by atoms with Crippen LogP contribution in [-0.4, -0.2) is 58.9 Å². The van der Waals surface area contributed by atoms with Gasteiger partial charge in [0.2, 0.25) is 5.91 Å². The van der Waals surface area contributed by atoms with Crippen molar-refractivity contribution in [1.29, 1.82) is 0 Å². The van der Waals surface area contributed by atoms with Gasteiger partial charge in [0.05, 0.1) is 6.42 Å². The van der Waals surface area contributed by atoms with Crippen molar-refractivity contribution in [2.45, 2.75) is 19.8 Å². The minimum Gasteiger partial charge on any atom is -0.481 e. The Balaban J connectivity index is 1.89. The van der Waals surface area contributed by atoms with Crippen molar-refractivity contribution in [1.82, 2.24) is 9.80 Å². The molecule has 22 heavy (non-hydrogen) atoms. The Hall–Kier alpha value is -2.37. The summed E-state index contributed by atoms with van der Waals surface area (Å²) >= 11 is 0. The van der Waals surface area contributed by atoms with Crippen LogP contribution < -0.4 is 0 Å². The summed E-state index contributed by atoms with van der Waals surface area (Å²) in [6.45, 7) is 3.77. The van der Waals surface area contributed by atoms with E-state index in [9.17, 15) is 14.4 Å². The van der Waals surface area contributed by atoms with E-state index < -0.39 is 5.97 Å². The molecule has 6 heteroatoms. The number of carbonyl (C=O) groups is 3. The minimum atomic E-state index is -0.971. The lowest BCUT2D eigenvalue weighted by atomic mass is 10.1. The highest BCUT2D eigenvalue weighted by molar-refractivity contribution is 5.95. The number of aliphatic carboxylic acids is 1. The molecule has 0 spiro atoms. The van der Waals surface area contributed by atoms with Gasteiger partial charge in [-0.25, -0.2) is 0 Å². The van der Waals surface area contributed by atoms with E-state index in [1.165, 1.54) is 0 Å². The lowest BCUT2D eigenvalue weighted by Gasteiger charge is -2.35. The van der Waals surface area contributed by atoms with Crippen LogP contribution in [0.25, 0.3) is 0 Å². The molecule has 1 fully saturated rings. The zero-order valence-electron chi connectivity index (χ0n) is 12.6. The Kier molecular flexibility index (Phi) is 5.14. The molecule has 0 saturated carbocycles.